The topological polar surface area (TPSA) is 107 Å². The quantitative estimate of drug-likeness (QED) is 0.280. The van der Waals surface area contributed by atoms with Crippen molar-refractivity contribution in [2.24, 2.45) is 5.92 Å². The second-order valence-corrected chi connectivity index (χ2v) is 11.8. The van der Waals surface area contributed by atoms with E-state index in [1.165, 1.54) is 11.8 Å². The normalized spacial score (nSPS) is 17.5. The molecule has 8 heteroatoms. The van der Waals surface area contributed by atoms with E-state index in [1.54, 1.807) is 37.4 Å². The molecule has 0 saturated carbocycles. The van der Waals surface area contributed by atoms with Gasteiger partial charge in [0.05, 0.1) is 12.1 Å². The second kappa shape index (κ2) is 14.9. The monoisotopic (exact) mass is 575 g/mol. The molecule has 3 rings (SSSR count). The summed E-state index contributed by atoms with van der Waals surface area (Å²) in [6.45, 7) is 10.4. The number of carboxylic acid groups (broad SMARTS) is 1. The molecule has 1 aliphatic rings. The van der Waals surface area contributed by atoms with Crippen molar-refractivity contribution in [2.75, 3.05) is 13.6 Å². The van der Waals surface area contributed by atoms with Crippen LogP contribution in [0.2, 0.25) is 0 Å². The van der Waals surface area contributed by atoms with Crippen molar-refractivity contribution in [3.05, 3.63) is 82.9 Å². The zero-order chi connectivity index (χ0) is 31.0. The lowest BCUT2D eigenvalue weighted by atomic mass is 9.96. The van der Waals surface area contributed by atoms with E-state index in [2.05, 4.69) is 24.1 Å². The number of ketones is 1. The average Bonchev–Trinajstić information content (AvgIpc) is 2.98. The highest BCUT2D eigenvalue weighted by atomic mass is 16.4. The smallest absolute Gasteiger partial charge is 0.331 e. The molecule has 1 fully saturated rings. The fourth-order valence-corrected chi connectivity index (χ4v) is 5.58. The Hall–Kier alpha value is -3.78. The molecule has 1 saturated heterocycles. The van der Waals surface area contributed by atoms with E-state index >= 15 is 0 Å². The lowest BCUT2D eigenvalue weighted by Crippen LogP contribution is -2.58. The number of likely N-dealkylation sites (tertiary alicyclic amines) is 1. The number of likely N-dealkylation sites (N-methyl/N-ethyl adjacent to an activating group) is 1. The summed E-state index contributed by atoms with van der Waals surface area (Å²) in [6, 6.07) is 14.7. The van der Waals surface area contributed by atoms with Crippen LogP contribution in [0, 0.1) is 5.92 Å². The highest BCUT2D eigenvalue weighted by Gasteiger charge is 2.35. The van der Waals surface area contributed by atoms with Crippen LogP contribution in [0.4, 0.5) is 0 Å². The first-order valence-corrected chi connectivity index (χ1v) is 14.8. The molecule has 1 aliphatic heterocycles. The SMILES string of the molecule is CC(=C[C@H](C(C)C)N(C)C(=O)[C@H](Cc1ccc(C(=O)c2ccccc2)cc1)NC(=O)C1CCCCN1C(C)C)C(=O)O. The first kappa shape index (κ1) is 32.7. The number of aliphatic carboxylic acids is 1. The molecule has 42 heavy (non-hydrogen) atoms. The van der Waals surface area contributed by atoms with Crippen LogP contribution in [0.15, 0.2) is 66.2 Å². The number of amides is 2. The minimum Gasteiger partial charge on any atom is -0.478 e. The molecule has 8 nitrogen and oxygen atoms in total. The average molecular weight is 576 g/mol. The first-order chi connectivity index (χ1) is 19.9. The molecule has 1 heterocycles. The van der Waals surface area contributed by atoms with Crippen LogP contribution in [-0.4, -0.2) is 76.2 Å². The zero-order valence-corrected chi connectivity index (χ0v) is 25.7. The Labute approximate surface area is 249 Å². The number of hydrogen-bond donors (Lipinski definition) is 2. The fraction of sp³-hybridized carbons (Fsp3) is 0.471. The van der Waals surface area contributed by atoms with Crippen LogP contribution < -0.4 is 5.32 Å². The van der Waals surface area contributed by atoms with Crippen molar-refractivity contribution in [2.45, 2.75) is 84.5 Å². The number of piperidine rings is 1. The Kier molecular flexibility index (Phi) is 11.6. The Bertz CT molecular complexity index is 1270. The standard InChI is InChI=1S/C34H45N3O5/c1-22(2)30(20-24(5)34(41)42)36(6)33(40)28(35-32(39)29-14-10-11-19-37(29)23(3)4)21-25-15-17-27(18-16-25)31(38)26-12-8-7-9-13-26/h7-9,12-13,15-18,20,22-23,28-30H,10-11,14,19,21H2,1-6H3,(H,35,39)(H,41,42)/t28-,29?,30+/m0/s1. The summed E-state index contributed by atoms with van der Waals surface area (Å²) in [5.74, 6) is -1.66. The number of nitrogens with zero attached hydrogens (tertiary/aromatic N) is 2. The van der Waals surface area contributed by atoms with Crippen molar-refractivity contribution >= 4 is 23.6 Å². The molecule has 0 aliphatic carbocycles. The van der Waals surface area contributed by atoms with Gasteiger partial charge in [0.15, 0.2) is 5.78 Å². The first-order valence-electron chi connectivity index (χ1n) is 14.8. The van der Waals surface area contributed by atoms with Gasteiger partial charge in [0.2, 0.25) is 11.8 Å². The highest BCUT2D eigenvalue weighted by molar-refractivity contribution is 6.09. The third-order valence-corrected chi connectivity index (χ3v) is 8.05. The third kappa shape index (κ3) is 8.38. The summed E-state index contributed by atoms with van der Waals surface area (Å²) in [4.78, 5) is 55.8. The molecule has 1 unspecified atom stereocenters. The maximum absolute atomic E-state index is 14.0. The van der Waals surface area contributed by atoms with Crippen molar-refractivity contribution in [1.82, 2.24) is 15.1 Å². The van der Waals surface area contributed by atoms with Crippen molar-refractivity contribution in [3.63, 3.8) is 0 Å². The lowest BCUT2D eigenvalue weighted by molar-refractivity contribution is -0.139. The van der Waals surface area contributed by atoms with Gasteiger partial charge in [-0.25, -0.2) is 4.79 Å². The van der Waals surface area contributed by atoms with E-state index in [0.717, 1.165) is 31.4 Å². The van der Waals surface area contributed by atoms with E-state index in [1.807, 2.05) is 44.2 Å². The minimum atomic E-state index is -1.04. The van der Waals surface area contributed by atoms with Crippen molar-refractivity contribution < 1.29 is 24.3 Å². The molecule has 226 valence electrons. The molecule has 3 atom stereocenters. The van der Waals surface area contributed by atoms with Gasteiger partial charge in [-0.05, 0) is 51.6 Å². The van der Waals surface area contributed by atoms with Gasteiger partial charge in [0.25, 0.3) is 0 Å². The van der Waals surface area contributed by atoms with Gasteiger partial charge in [0.1, 0.15) is 6.04 Å². The molecular weight excluding hydrogens is 530 g/mol. The Morgan fingerprint density at radius 1 is 0.976 bits per heavy atom. The molecular formula is C34H45N3O5. The van der Waals surface area contributed by atoms with E-state index in [4.69, 9.17) is 0 Å². The largest absolute Gasteiger partial charge is 0.478 e. The van der Waals surface area contributed by atoms with E-state index in [-0.39, 0.29) is 47.6 Å². The molecule has 2 N–H and O–H groups in total. The van der Waals surface area contributed by atoms with Crippen LogP contribution in [0.25, 0.3) is 0 Å². The Balaban J connectivity index is 1.89. The van der Waals surface area contributed by atoms with Gasteiger partial charge in [-0.2, -0.15) is 0 Å². The lowest BCUT2D eigenvalue weighted by Gasteiger charge is -2.38. The van der Waals surface area contributed by atoms with E-state index in [9.17, 15) is 24.3 Å². The molecule has 0 bridgehead atoms. The molecule has 0 radical (unpaired) electrons. The van der Waals surface area contributed by atoms with Crippen LogP contribution in [0.3, 0.4) is 0 Å². The summed E-state index contributed by atoms with van der Waals surface area (Å²) in [5, 5.41) is 12.5. The Morgan fingerprint density at radius 2 is 1.60 bits per heavy atom. The fourth-order valence-electron chi connectivity index (χ4n) is 5.58. The molecule has 0 spiro atoms. The van der Waals surface area contributed by atoms with Gasteiger partial charge in [-0.3, -0.25) is 19.3 Å². The summed E-state index contributed by atoms with van der Waals surface area (Å²) in [6.07, 6.45) is 4.54. The van der Waals surface area contributed by atoms with E-state index in [0.29, 0.717) is 11.1 Å². The summed E-state index contributed by atoms with van der Waals surface area (Å²) in [7, 11) is 1.65. The van der Waals surface area contributed by atoms with Gasteiger partial charge in [-0.1, -0.05) is 80.9 Å². The minimum absolute atomic E-state index is 0.0531. The van der Waals surface area contributed by atoms with Crippen molar-refractivity contribution in [1.29, 1.82) is 0 Å². The molecule has 2 aromatic carbocycles. The second-order valence-electron chi connectivity index (χ2n) is 11.8. The van der Waals surface area contributed by atoms with Crippen LogP contribution in [-0.2, 0) is 20.8 Å². The maximum atomic E-state index is 14.0. The number of benzene rings is 2. The number of carbonyl (C=O) groups is 4. The van der Waals surface area contributed by atoms with Gasteiger partial charge in [0, 0.05) is 36.2 Å². The van der Waals surface area contributed by atoms with Crippen LogP contribution >= 0.6 is 0 Å². The predicted octanol–water partition coefficient (Wildman–Crippen LogP) is 4.72. The number of hydrogen-bond acceptors (Lipinski definition) is 5. The molecule has 0 aromatic heterocycles. The van der Waals surface area contributed by atoms with Crippen LogP contribution in [0.1, 0.15) is 75.4 Å². The molecule has 2 amide bonds. The van der Waals surface area contributed by atoms with E-state index < -0.39 is 18.1 Å². The summed E-state index contributed by atoms with van der Waals surface area (Å²) < 4.78 is 0. The number of nitrogens with one attached hydrogen (secondary N) is 1. The number of carboxylic acids is 1. The summed E-state index contributed by atoms with van der Waals surface area (Å²) >= 11 is 0. The van der Waals surface area contributed by atoms with Crippen LogP contribution in [0.5, 0.6) is 0 Å². The maximum Gasteiger partial charge on any atom is 0.331 e. The Morgan fingerprint density at radius 3 is 2.17 bits per heavy atom. The van der Waals surface area contributed by atoms with Crippen molar-refractivity contribution in [3.8, 4) is 0 Å². The zero-order valence-electron chi connectivity index (χ0n) is 25.7. The van der Waals surface area contributed by atoms with Gasteiger partial charge in [-0.15, -0.1) is 0 Å². The predicted molar refractivity (Wildman–Crippen MR) is 164 cm³/mol. The molecule has 2 aromatic rings. The number of carbonyl (C=O) groups excluding carboxylic acids is 3. The highest BCUT2D eigenvalue weighted by Crippen LogP contribution is 2.21. The van der Waals surface area contributed by atoms with Gasteiger partial charge < -0.3 is 15.3 Å². The summed E-state index contributed by atoms with van der Waals surface area (Å²) in [5.41, 5.74) is 2.09. The number of rotatable bonds is 12. The third-order valence-electron chi connectivity index (χ3n) is 8.05. The van der Waals surface area contributed by atoms with Gasteiger partial charge >= 0.3 is 5.97 Å².